The Bertz CT molecular complexity index is 324. The molecule has 1 aliphatic carbocycles. The van der Waals surface area contributed by atoms with Gasteiger partial charge in [0.1, 0.15) is 5.54 Å². The molecule has 5 heteroatoms. The number of rotatable bonds is 4. The molecule has 3 unspecified atom stereocenters. The minimum atomic E-state index is -0.757. The monoisotopic (exact) mass is 270 g/mol. The zero-order chi connectivity index (χ0) is 13.9. The van der Waals surface area contributed by atoms with E-state index in [0.717, 1.165) is 51.9 Å². The summed E-state index contributed by atoms with van der Waals surface area (Å²) in [6, 6.07) is 0. The molecule has 2 aliphatic rings. The number of carbonyl (C=O) groups is 1. The van der Waals surface area contributed by atoms with Gasteiger partial charge in [0.05, 0.1) is 19.8 Å². The van der Waals surface area contributed by atoms with Crippen molar-refractivity contribution in [1.82, 2.24) is 4.90 Å². The standard InChI is InChI=1S/C14H26N2O3/c1-11-10-16(8-9-19-11)7-5-12-4-3-6-14(12,15)13(17)18-2/h11-12H,3-10,15H2,1-2H3. The number of hydrogen-bond acceptors (Lipinski definition) is 5. The molecule has 3 atom stereocenters. The predicted molar refractivity (Wildman–Crippen MR) is 72.7 cm³/mol. The SMILES string of the molecule is COC(=O)C1(N)CCCC1CCN1CCOC(C)C1. The Labute approximate surface area is 115 Å². The highest BCUT2D eigenvalue weighted by Crippen LogP contribution is 2.37. The van der Waals surface area contributed by atoms with Crippen LogP contribution in [0.3, 0.4) is 0 Å². The maximum absolute atomic E-state index is 11.9. The van der Waals surface area contributed by atoms with Crippen molar-refractivity contribution in [3.63, 3.8) is 0 Å². The number of nitrogens with two attached hydrogens (primary N) is 1. The van der Waals surface area contributed by atoms with Crippen LogP contribution in [-0.2, 0) is 14.3 Å². The highest BCUT2D eigenvalue weighted by molar-refractivity contribution is 5.81. The van der Waals surface area contributed by atoms with Gasteiger partial charge in [0.15, 0.2) is 0 Å². The second kappa shape index (κ2) is 6.20. The van der Waals surface area contributed by atoms with Crippen molar-refractivity contribution < 1.29 is 14.3 Å². The van der Waals surface area contributed by atoms with Gasteiger partial charge in [-0.05, 0) is 38.6 Å². The Kier molecular flexibility index (Phi) is 4.81. The second-order valence-corrected chi connectivity index (χ2v) is 5.89. The van der Waals surface area contributed by atoms with E-state index in [-0.39, 0.29) is 11.9 Å². The normalized spacial score (nSPS) is 36.4. The van der Waals surface area contributed by atoms with Crippen molar-refractivity contribution in [2.24, 2.45) is 11.7 Å². The van der Waals surface area contributed by atoms with Crippen LogP contribution in [-0.4, -0.2) is 55.9 Å². The Hall–Kier alpha value is -0.650. The molecule has 2 fully saturated rings. The van der Waals surface area contributed by atoms with Crippen molar-refractivity contribution in [1.29, 1.82) is 0 Å². The van der Waals surface area contributed by atoms with Crippen molar-refractivity contribution in [2.45, 2.75) is 44.2 Å². The average Bonchev–Trinajstić information content (AvgIpc) is 2.78. The number of carbonyl (C=O) groups excluding carboxylic acids is 1. The summed E-state index contributed by atoms with van der Waals surface area (Å²) in [4.78, 5) is 14.3. The van der Waals surface area contributed by atoms with Crippen LogP contribution in [0, 0.1) is 5.92 Å². The molecule has 2 rings (SSSR count). The van der Waals surface area contributed by atoms with Crippen LogP contribution in [0.15, 0.2) is 0 Å². The van der Waals surface area contributed by atoms with Gasteiger partial charge in [-0.15, -0.1) is 0 Å². The van der Waals surface area contributed by atoms with E-state index in [2.05, 4.69) is 11.8 Å². The van der Waals surface area contributed by atoms with E-state index < -0.39 is 5.54 Å². The summed E-state index contributed by atoms with van der Waals surface area (Å²) in [7, 11) is 1.43. The van der Waals surface area contributed by atoms with Crippen LogP contribution in [0.25, 0.3) is 0 Å². The van der Waals surface area contributed by atoms with Gasteiger partial charge in [-0.2, -0.15) is 0 Å². The molecule has 1 saturated carbocycles. The van der Waals surface area contributed by atoms with Gasteiger partial charge in [-0.1, -0.05) is 6.42 Å². The van der Waals surface area contributed by atoms with Crippen LogP contribution in [0.1, 0.15) is 32.6 Å². The van der Waals surface area contributed by atoms with Crippen LogP contribution in [0.2, 0.25) is 0 Å². The first-order valence-corrected chi connectivity index (χ1v) is 7.27. The fraction of sp³-hybridized carbons (Fsp3) is 0.929. The van der Waals surface area contributed by atoms with Crippen LogP contribution < -0.4 is 5.73 Å². The average molecular weight is 270 g/mol. The molecular formula is C14H26N2O3. The Morgan fingerprint density at radius 2 is 2.37 bits per heavy atom. The summed E-state index contributed by atoms with van der Waals surface area (Å²) in [5.41, 5.74) is 5.53. The molecule has 0 amide bonds. The van der Waals surface area contributed by atoms with Gasteiger partial charge in [0, 0.05) is 13.1 Å². The van der Waals surface area contributed by atoms with Crippen molar-refractivity contribution in [3.8, 4) is 0 Å². The molecule has 0 radical (unpaired) electrons. The van der Waals surface area contributed by atoms with E-state index in [1.807, 2.05) is 0 Å². The summed E-state index contributed by atoms with van der Waals surface area (Å²) in [5.74, 6) is 0.00319. The quantitative estimate of drug-likeness (QED) is 0.764. The van der Waals surface area contributed by atoms with E-state index in [0.29, 0.717) is 6.10 Å². The Morgan fingerprint density at radius 1 is 1.58 bits per heavy atom. The summed E-state index contributed by atoms with van der Waals surface area (Å²) in [6.45, 7) is 5.85. The van der Waals surface area contributed by atoms with Gasteiger partial charge in [-0.25, -0.2) is 0 Å². The zero-order valence-corrected chi connectivity index (χ0v) is 12.1. The van der Waals surface area contributed by atoms with Gasteiger partial charge >= 0.3 is 5.97 Å². The van der Waals surface area contributed by atoms with Gasteiger partial charge < -0.3 is 15.2 Å². The van der Waals surface area contributed by atoms with Crippen LogP contribution >= 0.6 is 0 Å². The summed E-state index contributed by atoms with van der Waals surface area (Å²) in [6.07, 6.45) is 4.09. The van der Waals surface area contributed by atoms with E-state index in [9.17, 15) is 4.79 Å². The highest BCUT2D eigenvalue weighted by Gasteiger charge is 2.46. The third-order valence-electron chi connectivity index (χ3n) is 4.56. The second-order valence-electron chi connectivity index (χ2n) is 5.89. The number of hydrogen-bond donors (Lipinski definition) is 1. The van der Waals surface area contributed by atoms with Crippen molar-refractivity contribution >= 4 is 5.97 Å². The van der Waals surface area contributed by atoms with E-state index in [1.165, 1.54) is 7.11 Å². The number of methoxy groups -OCH3 is 1. The smallest absolute Gasteiger partial charge is 0.326 e. The number of esters is 1. The van der Waals surface area contributed by atoms with E-state index in [1.54, 1.807) is 0 Å². The lowest BCUT2D eigenvalue weighted by Crippen LogP contribution is -2.52. The molecule has 19 heavy (non-hydrogen) atoms. The molecule has 110 valence electrons. The molecule has 1 aliphatic heterocycles. The van der Waals surface area contributed by atoms with E-state index in [4.69, 9.17) is 15.2 Å². The molecule has 0 spiro atoms. The summed E-state index contributed by atoms with van der Waals surface area (Å²) in [5, 5.41) is 0. The van der Waals surface area contributed by atoms with Gasteiger partial charge in [0.25, 0.3) is 0 Å². The lowest BCUT2D eigenvalue weighted by molar-refractivity contribution is -0.148. The fourth-order valence-corrected chi connectivity index (χ4v) is 3.40. The summed E-state index contributed by atoms with van der Waals surface area (Å²) >= 11 is 0. The predicted octanol–water partition coefficient (Wildman–Crippen LogP) is 0.768. The van der Waals surface area contributed by atoms with Crippen molar-refractivity contribution in [2.75, 3.05) is 33.4 Å². The van der Waals surface area contributed by atoms with Gasteiger partial charge in [0.2, 0.25) is 0 Å². The lowest BCUT2D eigenvalue weighted by Gasteiger charge is -2.34. The van der Waals surface area contributed by atoms with Gasteiger partial charge in [-0.3, -0.25) is 9.69 Å². The molecule has 0 aromatic heterocycles. The molecule has 2 N–H and O–H groups in total. The number of nitrogens with zero attached hydrogens (tertiary/aromatic N) is 1. The van der Waals surface area contributed by atoms with Crippen LogP contribution in [0.4, 0.5) is 0 Å². The van der Waals surface area contributed by atoms with Crippen molar-refractivity contribution in [3.05, 3.63) is 0 Å². The summed E-state index contributed by atoms with van der Waals surface area (Å²) < 4.78 is 10.4. The maximum Gasteiger partial charge on any atom is 0.326 e. The molecule has 0 bridgehead atoms. The maximum atomic E-state index is 11.9. The Morgan fingerprint density at radius 3 is 3.05 bits per heavy atom. The highest BCUT2D eigenvalue weighted by atomic mass is 16.5. The van der Waals surface area contributed by atoms with E-state index >= 15 is 0 Å². The van der Waals surface area contributed by atoms with Crippen LogP contribution in [0.5, 0.6) is 0 Å². The first kappa shape index (κ1) is 14.8. The molecular weight excluding hydrogens is 244 g/mol. The number of ether oxygens (including phenoxy) is 2. The lowest BCUT2D eigenvalue weighted by atomic mass is 9.85. The molecule has 0 aromatic carbocycles. The largest absolute Gasteiger partial charge is 0.468 e. The third-order valence-corrected chi connectivity index (χ3v) is 4.56. The first-order valence-electron chi connectivity index (χ1n) is 7.27. The topological polar surface area (TPSA) is 64.8 Å². The molecule has 1 saturated heterocycles. The zero-order valence-electron chi connectivity index (χ0n) is 12.1. The molecule has 5 nitrogen and oxygen atoms in total. The Balaban J connectivity index is 1.86. The minimum absolute atomic E-state index is 0.245. The third kappa shape index (κ3) is 3.27. The molecule has 0 aromatic rings. The minimum Gasteiger partial charge on any atom is -0.468 e. The first-order chi connectivity index (χ1) is 9.06. The fourth-order valence-electron chi connectivity index (χ4n) is 3.40. The molecule has 1 heterocycles. The number of morpholine rings is 1.